The highest BCUT2D eigenvalue weighted by atomic mass is 79.9. The van der Waals surface area contributed by atoms with Crippen LogP contribution in [0.5, 0.6) is 0 Å². The molecular weight excluding hydrogens is 224 g/mol. The van der Waals surface area contributed by atoms with Crippen LogP contribution in [-0.2, 0) is 0 Å². The van der Waals surface area contributed by atoms with Crippen LogP contribution in [0.2, 0.25) is 0 Å². The summed E-state index contributed by atoms with van der Waals surface area (Å²) in [5, 5.41) is 2.60. The molecule has 0 atom stereocenters. The highest BCUT2D eigenvalue weighted by molar-refractivity contribution is 9.10. The number of fused-ring (bicyclic) bond motifs is 1. The fraction of sp³-hybridized carbons (Fsp3) is 0.167. The lowest BCUT2D eigenvalue weighted by atomic mass is 10.0. The van der Waals surface area contributed by atoms with Crippen molar-refractivity contribution in [1.29, 1.82) is 0 Å². The van der Waals surface area contributed by atoms with Gasteiger partial charge in [0.2, 0.25) is 0 Å². The second-order valence-electron chi connectivity index (χ2n) is 3.40. The summed E-state index contributed by atoms with van der Waals surface area (Å²) in [6.45, 7) is 4.30. The van der Waals surface area contributed by atoms with E-state index in [0.717, 1.165) is 0 Å². The summed E-state index contributed by atoms with van der Waals surface area (Å²) in [6, 6.07) is 10.8. The number of hydrogen-bond acceptors (Lipinski definition) is 0. The van der Waals surface area contributed by atoms with E-state index < -0.39 is 0 Å². The van der Waals surface area contributed by atoms with Crippen molar-refractivity contribution in [1.82, 2.24) is 0 Å². The Bertz CT molecular complexity index is 458. The highest BCUT2D eigenvalue weighted by Gasteiger charge is 1.99. The summed E-state index contributed by atoms with van der Waals surface area (Å²) in [7, 11) is 0. The quantitative estimate of drug-likeness (QED) is 0.641. The first-order valence-electron chi connectivity index (χ1n) is 4.34. The summed E-state index contributed by atoms with van der Waals surface area (Å²) in [5.41, 5.74) is 2.70. The fourth-order valence-corrected chi connectivity index (χ4v) is 2.01. The lowest BCUT2D eigenvalue weighted by Gasteiger charge is -2.04. The fourth-order valence-electron chi connectivity index (χ4n) is 1.51. The van der Waals surface area contributed by atoms with E-state index in [2.05, 4.69) is 60.1 Å². The predicted octanol–water partition coefficient (Wildman–Crippen LogP) is 4.22. The predicted molar refractivity (Wildman–Crippen MR) is 61.1 cm³/mol. The third-order valence-electron chi connectivity index (χ3n) is 2.44. The van der Waals surface area contributed by atoms with Gasteiger partial charge in [0.15, 0.2) is 0 Å². The standard InChI is InChI=1S/C12H11Br/c1-8-6-10-4-3-5-12(13)11(10)7-9(8)2/h3-7H,1-2H3. The van der Waals surface area contributed by atoms with Gasteiger partial charge in [-0.2, -0.15) is 0 Å². The van der Waals surface area contributed by atoms with Gasteiger partial charge in [0.25, 0.3) is 0 Å². The van der Waals surface area contributed by atoms with E-state index in [1.807, 2.05) is 0 Å². The zero-order valence-electron chi connectivity index (χ0n) is 7.76. The normalized spacial score (nSPS) is 10.7. The second-order valence-corrected chi connectivity index (χ2v) is 4.25. The first-order chi connectivity index (χ1) is 6.18. The smallest absolute Gasteiger partial charge is 0.0253 e. The summed E-state index contributed by atoms with van der Waals surface area (Å²) >= 11 is 3.56. The van der Waals surface area contributed by atoms with Gasteiger partial charge < -0.3 is 0 Å². The van der Waals surface area contributed by atoms with E-state index in [9.17, 15) is 0 Å². The van der Waals surface area contributed by atoms with E-state index in [4.69, 9.17) is 0 Å². The largest absolute Gasteiger partial charge is 0.0605 e. The molecule has 1 heteroatoms. The number of rotatable bonds is 0. The van der Waals surface area contributed by atoms with Crippen molar-refractivity contribution < 1.29 is 0 Å². The molecule has 0 fully saturated rings. The van der Waals surface area contributed by atoms with Crippen LogP contribution in [0, 0.1) is 13.8 Å². The van der Waals surface area contributed by atoms with Crippen LogP contribution in [0.15, 0.2) is 34.8 Å². The molecule has 0 bridgehead atoms. The van der Waals surface area contributed by atoms with E-state index in [-0.39, 0.29) is 0 Å². The Hall–Kier alpha value is -0.820. The molecule has 2 aromatic carbocycles. The molecule has 0 aliphatic heterocycles. The van der Waals surface area contributed by atoms with Gasteiger partial charge in [0.05, 0.1) is 0 Å². The van der Waals surface area contributed by atoms with Gasteiger partial charge in [0, 0.05) is 4.47 Å². The maximum atomic E-state index is 3.56. The molecule has 0 unspecified atom stereocenters. The van der Waals surface area contributed by atoms with Crippen molar-refractivity contribution >= 4 is 26.7 Å². The Morgan fingerprint density at radius 3 is 2.46 bits per heavy atom. The number of benzene rings is 2. The van der Waals surface area contributed by atoms with Crippen LogP contribution < -0.4 is 0 Å². The molecule has 0 aliphatic carbocycles. The zero-order valence-corrected chi connectivity index (χ0v) is 9.35. The summed E-state index contributed by atoms with van der Waals surface area (Å²) in [5.74, 6) is 0. The van der Waals surface area contributed by atoms with Crippen LogP contribution in [0.4, 0.5) is 0 Å². The Balaban J connectivity index is 2.89. The number of hydrogen-bond donors (Lipinski definition) is 0. The lowest BCUT2D eigenvalue weighted by molar-refractivity contribution is 1.36. The topological polar surface area (TPSA) is 0 Å². The Morgan fingerprint density at radius 2 is 1.69 bits per heavy atom. The molecule has 2 aromatic rings. The van der Waals surface area contributed by atoms with Crippen LogP contribution >= 0.6 is 15.9 Å². The van der Waals surface area contributed by atoms with Crippen molar-refractivity contribution in [3.63, 3.8) is 0 Å². The highest BCUT2D eigenvalue weighted by Crippen LogP contribution is 2.26. The summed E-state index contributed by atoms with van der Waals surface area (Å²) in [6.07, 6.45) is 0. The van der Waals surface area contributed by atoms with Gasteiger partial charge in [-0.05, 0) is 41.8 Å². The van der Waals surface area contributed by atoms with Crippen molar-refractivity contribution in [3.8, 4) is 0 Å². The second kappa shape index (κ2) is 3.15. The monoisotopic (exact) mass is 234 g/mol. The molecule has 2 rings (SSSR count). The Morgan fingerprint density at radius 1 is 1.00 bits per heavy atom. The van der Waals surface area contributed by atoms with Gasteiger partial charge in [-0.1, -0.05) is 40.2 Å². The van der Waals surface area contributed by atoms with Crippen LogP contribution in [-0.4, -0.2) is 0 Å². The minimum atomic E-state index is 1.17. The maximum absolute atomic E-state index is 3.56. The van der Waals surface area contributed by atoms with Crippen molar-refractivity contribution in [2.75, 3.05) is 0 Å². The van der Waals surface area contributed by atoms with Crippen molar-refractivity contribution in [3.05, 3.63) is 45.9 Å². The molecule has 66 valence electrons. The zero-order chi connectivity index (χ0) is 9.42. The van der Waals surface area contributed by atoms with Crippen molar-refractivity contribution in [2.24, 2.45) is 0 Å². The maximum Gasteiger partial charge on any atom is 0.0253 e. The first-order valence-corrected chi connectivity index (χ1v) is 5.13. The average Bonchev–Trinajstić information content (AvgIpc) is 2.09. The molecule has 0 heterocycles. The third-order valence-corrected chi connectivity index (χ3v) is 3.13. The molecule has 0 amide bonds. The molecule has 0 aromatic heterocycles. The van der Waals surface area contributed by atoms with Gasteiger partial charge in [-0.15, -0.1) is 0 Å². The minimum Gasteiger partial charge on any atom is -0.0605 e. The molecule has 0 nitrogen and oxygen atoms in total. The molecule has 0 aliphatic rings. The van der Waals surface area contributed by atoms with E-state index >= 15 is 0 Å². The molecule has 0 saturated heterocycles. The first kappa shape index (κ1) is 8.76. The Labute approximate surface area is 86.7 Å². The SMILES string of the molecule is Cc1cc2cccc(Br)c2cc1C. The van der Waals surface area contributed by atoms with Gasteiger partial charge in [-0.3, -0.25) is 0 Å². The van der Waals surface area contributed by atoms with Crippen LogP contribution in [0.3, 0.4) is 0 Å². The number of halogens is 1. The molecule has 0 spiro atoms. The third kappa shape index (κ3) is 1.49. The molecule has 0 N–H and O–H groups in total. The van der Waals surface area contributed by atoms with Gasteiger partial charge in [0.1, 0.15) is 0 Å². The van der Waals surface area contributed by atoms with E-state index in [1.165, 1.54) is 26.4 Å². The Kier molecular flexibility index (Phi) is 2.12. The molecule has 13 heavy (non-hydrogen) atoms. The number of aryl methyl sites for hydroxylation is 2. The van der Waals surface area contributed by atoms with E-state index in [0.29, 0.717) is 0 Å². The summed E-state index contributed by atoms with van der Waals surface area (Å²) < 4.78 is 1.17. The van der Waals surface area contributed by atoms with Crippen LogP contribution in [0.1, 0.15) is 11.1 Å². The van der Waals surface area contributed by atoms with Crippen molar-refractivity contribution in [2.45, 2.75) is 13.8 Å². The van der Waals surface area contributed by atoms with Crippen LogP contribution in [0.25, 0.3) is 10.8 Å². The van der Waals surface area contributed by atoms with Gasteiger partial charge in [-0.25, -0.2) is 0 Å². The molecule has 0 radical (unpaired) electrons. The molecule has 0 saturated carbocycles. The molecular formula is C12H11Br. The average molecular weight is 235 g/mol. The summed E-state index contributed by atoms with van der Waals surface area (Å²) in [4.78, 5) is 0. The minimum absolute atomic E-state index is 1.17. The van der Waals surface area contributed by atoms with E-state index in [1.54, 1.807) is 0 Å². The lowest BCUT2D eigenvalue weighted by Crippen LogP contribution is -1.82. The van der Waals surface area contributed by atoms with Gasteiger partial charge >= 0.3 is 0 Å².